The molecule has 8 rings (SSSR count). The van der Waals surface area contributed by atoms with Crippen molar-refractivity contribution in [1.29, 1.82) is 0 Å². The lowest BCUT2D eigenvalue weighted by Crippen LogP contribution is -2.51. The van der Waals surface area contributed by atoms with Crippen LogP contribution in [0.5, 0.6) is 11.5 Å². The Balaban J connectivity index is 0.825. The third-order valence-electron chi connectivity index (χ3n) is 12.9. The van der Waals surface area contributed by atoms with Gasteiger partial charge in [0, 0.05) is 53.4 Å². The Hall–Kier alpha value is -7.73. The number of imide groups is 1. The number of anilines is 1. The molecule has 4 aliphatic heterocycles. The minimum absolute atomic E-state index is 0.0129. The number of benzene rings is 2. The first-order valence-electron chi connectivity index (χ1n) is 23.9. The highest BCUT2D eigenvalue weighted by atomic mass is 16.7. The fourth-order valence-electron chi connectivity index (χ4n) is 8.76. The maximum Gasteiger partial charge on any atom is 0.407 e. The number of nitrogens with one attached hydrogen (secondary N) is 4. The van der Waals surface area contributed by atoms with Crippen LogP contribution in [0, 0.1) is 0 Å². The summed E-state index contributed by atoms with van der Waals surface area (Å²) in [6.45, 7) is 3.84. The van der Waals surface area contributed by atoms with E-state index in [1.807, 2.05) is 0 Å². The molecule has 4 aromatic rings. The van der Waals surface area contributed by atoms with Gasteiger partial charge in [-0.15, -0.1) is 0 Å². The summed E-state index contributed by atoms with van der Waals surface area (Å²) in [5.74, 6) is -2.16. The zero-order valence-corrected chi connectivity index (χ0v) is 40.2. The van der Waals surface area contributed by atoms with Gasteiger partial charge in [-0.2, -0.15) is 0 Å². The van der Waals surface area contributed by atoms with Crippen molar-refractivity contribution in [2.45, 2.75) is 89.9 Å². The van der Waals surface area contributed by atoms with Gasteiger partial charge >= 0.3 is 12.1 Å². The minimum Gasteiger partial charge on any atom is -0.458 e. The lowest BCUT2D eigenvalue weighted by atomic mass is 9.86. The molecule has 0 spiro atoms. The number of carbonyl (C=O) groups excluding carboxylic acids is 7. The number of pyridine rings is 2. The van der Waals surface area contributed by atoms with Crippen molar-refractivity contribution in [2.75, 3.05) is 51.6 Å². The van der Waals surface area contributed by atoms with Gasteiger partial charge in [0.1, 0.15) is 25.3 Å². The molecular weight excluding hydrogens is 953 g/mol. The monoisotopic (exact) mass is 1010 g/mol. The molecule has 2 aromatic carbocycles. The van der Waals surface area contributed by atoms with Crippen LogP contribution in [-0.4, -0.2) is 120 Å². The van der Waals surface area contributed by atoms with Crippen LogP contribution in [0.3, 0.4) is 0 Å². The van der Waals surface area contributed by atoms with Gasteiger partial charge in [0.2, 0.25) is 24.5 Å². The van der Waals surface area contributed by atoms with E-state index in [0.717, 1.165) is 4.90 Å². The van der Waals surface area contributed by atoms with Gasteiger partial charge in [-0.25, -0.2) is 14.6 Å². The molecule has 2 aromatic heterocycles. The number of aliphatic hydroxyl groups is 1. The number of cyclic esters (lactones) is 1. The SMILES string of the molecule is CC[C@@]1(O)C(=O)OCc2c1cc1n(c2=O)Cc2c-1nc1cc3c(cc1c2CNC(=O)OCc1ccc(NC(=O)C(CCCCN)NC(=O)[C@H](C)NC(=O)CCOCCOCCN2C(=O)C=CC2=O)cc1)OCO3. The summed E-state index contributed by atoms with van der Waals surface area (Å²) in [5, 5.41) is 22.9. The van der Waals surface area contributed by atoms with E-state index < -0.39 is 64.8 Å². The van der Waals surface area contributed by atoms with Gasteiger partial charge in [-0.05, 0) is 74.5 Å². The molecule has 0 radical (unpaired) electrons. The lowest BCUT2D eigenvalue weighted by Gasteiger charge is -2.31. The number of rotatable bonds is 23. The Kier molecular flexibility index (Phi) is 16.1. The second kappa shape index (κ2) is 22.8. The molecule has 0 fully saturated rings. The summed E-state index contributed by atoms with van der Waals surface area (Å²) in [6.07, 6.45) is 3.04. The number of nitrogens with two attached hydrogens (primary N) is 1. The Morgan fingerprint density at radius 1 is 0.890 bits per heavy atom. The number of unbranched alkanes of at least 4 members (excludes halogenated alkanes) is 1. The van der Waals surface area contributed by atoms with Crippen molar-refractivity contribution < 1.29 is 67.1 Å². The maximum atomic E-state index is 13.9. The first kappa shape index (κ1) is 51.6. The molecule has 7 N–H and O–H groups in total. The Morgan fingerprint density at radius 2 is 1.62 bits per heavy atom. The summed E-state index contributed by atoms with van der Waals surface area (Å²) in [7, 11) is 0. The van der Waals surface area contributed by atoms with Crippen LogP contribution in [0.1, 0.15) is 73.8 Å². The predicted molar refractivity (Wildman–Crippen MR) is 257 cm³/mol. The second-order valence-corrected chi connectivity index (χ2v) is 17.6. The third-order valence-corrected chi connectivity index (χ3v) is 12.9. The standard InChI is InChI=1S/C50H56N8O15/c1-3-50(67)35-21-38-44-33(24-58(38)47(64)34(35)26-70-48(50)65)32(31-20-39-40(73-27-72-39)22-37(31)55-44)23-52-49(66)71-25-29-7-9-30(10-8-29)54-46(63)36(6-4-5-14-51)56-45(62)28(2)53-41(59)13-16-68-18-19-69-17-15-57-42(60)11-12-43(57)61/h7-12,20-22,28,36,67H,3-6,13-19,23-27,51H2,1-2H3,(H,52,66)(H,53,59)(H,54,63)(H,56,62)/t28-,36?,50-/m0/s1. The van der Waals surface area contributed by atoms with Crippen molar-refractivity contribution in [1.82, 2.24) is 30.4 Å². The van der Waals surface area contributed by atoms with Gasteiger partial charge in [0.25, 0.3) is 17.4 Å². The summed E-state index contributed by atoms with van der Waals surface area (Å²) >= 11 is 0. The largest absolute Gasteiger partial charge is 0.458 e. The van der Waals surface area contributed by atoms with Crippen molar-refractivity contribution in [3.05, 3.63) is 92.8 Å². The number of ether oxygens (including phenoxy) is 6. The highest BCUT2D eigenvalue weighted by molar-refractivity contribution is 6.12. The molecule has 0 saturated heterocycles. The molecule has 6 heterocycles. The van der Waals surface area contributed by atoms with E-state index >= 15 is 0 Å². The molecule has 73 heavy (non-hydrogen) atoms. The van der Waals surface area contributed by atoms with Gasteiger partial charge in [0.15, 0.2) is 17.1 Å². The van der Waals surface area contributed by atoms with Crippen LogP contribution < -0.4 is 42.0 Å². The number of hydrogen-bond donors (Lipinski definition) is 6. The van der Waals surface area contributed by atoms with E-state index in [-0.39, 0.29) is 96.5 Å². The zero-order valence-electron chi connectivity index (χ0n) is 40.2. The van der Waals surface area contributed by atoms with E-state index in [2.05, 4.69) is 21.3 Å². The molecule has 6 amide bonds. The average Bonchev–Trinajstić information content (AvgIpc) is 4.09. The van der Waals surface area contributed by atoms with Crippen LogP contribution in [0.25, 0.3) is 22.3 Å². The van der Waals surface area contributed by atoms with Crippen LogP contribution in [-0.2, 0) is 79.6 Å². The van der Waals surface area contributed by atoms with Gasteiger partial charge in [-0.1, -0.05) is 19.1 Å². The molecule has 0 aliphatic carbocycles. The zero-order chi connectivity index (χ0) is 51.8. The highest BCUT2D eigenvalue weighted by Gasteiger charge is 2.45. The Morgan fingerprint density at radius 3 is 2.34 bits per heavy atom. The molecular formula is C50H56N8O15. The summed E-state index contributed by atoms with van der Waals surface area (Å²) in [4.78, 5) is 108. The predicted octanol–water partition coefficient (Wildman–Crippen LogP) is 1.64. The fourth-order valence-corrected chi connectivity index (χ4v) is 8.76. The maximum absolute atomic E-state index is 13.9. The lowest BCUT2D eigenvalue weighted by molar-refractivity contribution is -0.172. The molecule has 23 heteroatoms. The van der Waals surface area contributed by atoms with E-state index in [0.29, 0.717) is 75.6 Å². The Labute approximate surface area is 417 Å². The van der Waals surface area contributed by atoms with Crippen LogP contribution in [0.15, 0.2) is 59.4 Å². The number of fused-ring (bicyclic) bond motifs is 6. The normalized spacial score (nSPS) is 16.9. The van der Waals surface area contributed by atoms with Gasteiger partial charge in [-0.3, -0.25) is 33.7 Å². The number of alkyl carbamates (subject to hydrolysis) is 1. The summed E-state index contributed by atoms with van der Waals surface area (Å²) in [5.41, 5.74) is 7.22. The van der Waals surface area contributed by atoms with Gasteiger partial charge in [0.05, 0.1) is 62.0 Å². The average molecular weight is 1010 g/mol. The Bertz CT molecular complexity index is 2900. The van der Waals surface area contributed by atoms with Crippen LogP contribution in [0.2, 0.25) is 0 Å². The van der Waals surface area contributed by atoms with Gasteiger partial charge < -0.3 is 65.1 Å². The highest BCUT2D eigenvalue weighted by Crippen LogP contribution is 2.43. The number of amides is 6. The van der Waals surface area contributed by atoms with Crippen LogP contribution >= 0.6 is 0 Å². The molecule has 386 valence electrons. The quantitative estimate of drug-likeness (QED) is 0.0308. The minimum atomic E-state index is -2.01. The molecule has 4 aliphatic rings. The number of esters is 1. The number of nitrogens with zero attached hydrogens (tertiary/aromatic N) is 3. The topological polar surface area (TPSA) is 307 Å². The van der Waals surface area contributed by atoms with Crippen molar-refractivity contribution in [3.8, 4) is 22.9 Å². The van der Waals surface area contributed by atoms with E-state index in [4.69, 9.17) is 39.1 Å². The number of hydrogen-bond acceptors (Lipinski definition) is 17. The third kappa shape index (κ3) is 11.5. The summed E-state index contributed by atoms with van der Waals surface area (Å²) in [6, 6.07) is 9.74. The molecule has 3 atom stereocenters. The number of carbonyl (C=O) groups is 7. The van der Waals surface area contributed by atoms with E-state index in [1.54, 1.807) is 49.4 Å². The van der Waals surface area contributed by atoms with Crippen molar-refractivity contribution in [3.63, 3.8) is 0 Å². The van der Waals surface area contributed by atoms with E-state index in [9.17, 15) is 43.5 Å². The molecule has 23 nitrogen and oxygen atoms in total. The van der Waals surface area contributed by atoms with Crippen LogP contribution in [0.4, 0.5) is 10.5 Å². The number of aromatic nitrogens is 2. The molecule has 1 unspecified atom stereocenters. The molecule has 0 saturated carbocycles. The second-order valence-electron chi connectivity index (χ2n) is 17.6. The first-order valence-corrected chi connectivity index (χ1v) is 23.9. The molecule has 0 bridgehead atoms. The van der Waals surface area contributed by atoms with E-state index in [1.165, 1.54) is 23.6 Å². The smallest absolute Gasteiger partial charge is 0.407 e. The fraction of sp³-hybridized carbons (Fsp3) is 0.420. The van der Waals surface area contributed by atoms with Crippen molar-refractivity contribution >= 4 is 58.2 Å². The summed E-state index contributed by atoms with van der Waals surface area (Å²) < 4.78 is 34.4. The first-order chi connectivity index (χ1) is 35.2. The van der Waals surface area contributed by atoms with Crippen molar-refractivity contribution in [2.24, 2.45) is 5.73 Å².